The van der Waals surface area contributed by atoms with Gasteiger partial charge in [0.05, 0.1) is 11.4 Å². The Kier molecular flexibility index (Phi) is 5.70. The molecule has 118 valence electrons. The normalized spacial score (nSPS) is 16.5. The molecule has 0 atom stereocenters. The van der Waals surface area contributed by atoms with Crippen LogP contribution < -0.4 is 15.4 Å². The van der Waals surface area contributed by atoms with Gasteiger partial charge in [0.25, 0.3) is 0 Å². The Labute approximate surface area is 128 Å². The second kappa shape index (κ2) is 7.52. The third-order valence-electron chi connectivity index (χ3n) is 3.97. The Bertz CT molecular complexity index is 442. The molecule has 1 aliphatic rings. The van der Waals surface area contributed by atoms with Crippen molar-refractivity contribution in [3.63, 3.8) is 0 Å². The van der Waals surface area contributed by atoms with E-state index in [4.69, 9.17) is 10.5 Å². The highest BCUT2D eigenvalue weighted by Crippen LogP contribution is 2.34. The fraction of sp³-hybridized carbons (Fsp3) is 0.625. The second-order valence-corrected chi connectivity index (χ2v) is 5.77. The molecule has 5 nitrogen and oxygen atoms in total. The van der Waals surface area contributed by atoms with E-state index in [0.29, 0.717) is 6.61 Å². The van der Waals surface area contributed by atoms with Gasteiger partial charge in [-0.3, -0.25) is 0 Å². The number of nitrogens with zero attached hydrogens (tertiary/aromatic N) is 3. The van der Waals surface area contributed by atoms with Gasteiger partial charge in [0.1, 0.15) is 6.61 Å². The summed E-state index contributed by atoms with van der Waals surface area (Å²) in [6, 6.07) is 6.04. The summed E-state index contributed by atoms with van der Waals surface area (Å²) in [6.45, 7) is 9.14. The van der Waals surface area contributed by atoms with Crippen molar-refractivity contribution < 1.29 is 4.74 Å². The quantitative estimate of drug-likeness (QED) is 0.802. The van der Waals surface area contributed by atoms with Gasteiger partial charge in [0.2, 0.25) is 0 Å². The summed E-state index contributed by atoms with van der Waals surface area (Å²) in [5.41, 5.74) is 7.98. The lowest BCUT2D eigenvalue weighted by molar-refractivity contribution is 0.257. The minimum absolute atomic E-state index is 0.656. The lowest BCUT2D eigenvalue weighted by atomic mass is 10.2. The summed E-state index contributed by atoms with van der Waals surface area (Å²) >= 11 is 0. The first-order chi connectivity index (χ1) is 10.1. The first-order valence-corrected chi connectivity index (χ1v) is 7.75. The van der Waals surface area contributed by atoms with E-state index in [1.165, 1.54) is 0 Å². The zero-order valence-electron chi connectivity index (χ0n) is 13.5. The van der Waals surface area contributed by atoms with Crippen molar-refractivity contribution in [2.75, 3.05) is 70.6 Å². The van der Waals surface area contributed by atoms with Crippen molar-refractivity contribution in [3.05, 3.63) is 18.2 Å². The number of para-hydroxylation sites is 1. The third kappa shape index (κ3) is 4.25. The van der Waals surface area contributed by atoms with Crippen LogP contribution in [-0.4, -0.2) is 69.8 Å². The minimum atomic E-state index is 0.656. The van der Waals surface area contributed by atoms with E-state index in [0.717, 1.165) is 56.4 Å². The Morgan fingerprint density at radius 2 is 1.90 bits per heavy atom. The average Bonchev–Trinajstić information content (AvgIpc) is 2.48. The number of nitrogen functional groups attached to an aromatic ring is 1. The highest BCUT2D eigenvalue weighted by atomic mass is 16.5. The largest absolute Gasteiger partial charge is 0.488 e. The summed E-state index contributed by atoms with van der Waals surface area (Å²) in [7, 11) is 4.09. The molecule has 2 N–H and O–H groups in total. The fourth-order valence-electron chi connectivity index (χ4n) is 2.58. The van der Waals surface area contributed by atoms with E-state index in [1.807, 2.05) is 26.2 Å². The number of hydrogen-bond donors (Lipinski definition) is 1. The summed E-state index contributed by atoms with van der Waals surface area (Å²) in [4.78, 5) is 6.96. The predicted octanol–water partition coefficient (Wildman–Crippen LogP) is 1.35. The van der Waals surface area contributed by atoms with Crippen LogP contribution in [0.25, 0.3) is 0 Å². The lowest BCUT2D eigenvalue weighted by Gasteiger charge is -2.36. The molecule has 1 heterocycles. The monoisotopic (exact) mass is 292 g/mol. The molecule has 21 heavy (non-hydrogen) atoms. The maximum atomic E-state index is 6.12. The molecule has 1 aromatic rings. The number of piperazine rings is 1. The van der Waals surface area contributed by atoms with Crippen LogP contribution in [0.5, 0.6) is 5.75 Å². The van der Waals surface area contributed by atoms with Crippen LogP contribution in [0, 0.1) is 0 Å². The van der Waals surface area contributed by atoms with E-state index in [-0.39, 0.29) is 0 Å². The number of hydrogen-bond acceptors (Lipinski definition) is 5. The highest BCUT2D eigenvalue weighted by molar-refractivity contribution is 5.70. The van der Waals surface area contributed by atoms with Crippen LogP contribution in [0.3, 0.4) is 0 Å². The molecule has 0 unspecified atom stereocenters. The molecule has 0 aromatic heterocycles. The number of nitrogens with two attached hydrogens (primary N) is 1. The molecule has 5 heteroatoms. The topological polar surface area (TPSA) is 45.0 Å². The van der Waals surface area contributed by atoms with Gasteiger partial charge in [-0.1, -0.05) is 13.0 Å². The first kappa shape index (κ1) is 15.9. The maximum Gasteiger partial charge on any atom is 0.165 e. The van der Waals surface area contributed by atoms with Crippen LogP contribution in [0.4, 0.5) is 11.4 Å². The first-order valence-electron chi connectivity index (χ1n) is 7.75. The number of likely N-dealkylation sites (N-methyl/N-ethyl adjacent to an activating group) is 2. The molecule has 1 fully saturated rings. The van der Waals surface area contributed by atoms with Crippen molar-refractivity contribution in [2.24, 2.45) is 0 Å². The molecule has 0 radical (unpaired) electrons. The van der Waals surface area contributed by atoms with Crippen molar-refractivity contribution in [2.45, 2.75) is 6.92 Å². The molecule has 0 aliphatic carbocycles. The smallest absolute Gasteiger partial charge is 0.165 e. The van der Waals surface area contributed by atoms with E-state index in [2.05, 4.69) is 27.7 Å². The van der Waals surface area contributed by atoms with Gasteiger partial charge in [-0.15, -0.1) is 0 Å². The molecule has 0 saturated carbocycles. The second-order valence-electron chi connectivity index (χ2n) is 5.77. The number of ether oxygens (including phenoxy) is 1. The summed E-state index contributed by atoms with van der Waals surface area (Å²) in [5.74, 6) is 0.837. The molecule has 2 rings (SSSR count). The fourth-order valence-corrected chi connectivity index (χ4v) is 2.58. The standard InChI is InChI=1S/C16H28N4O/c1-4-19-8-10-20(11-9-19)15-7-5-6-14(17)16(15)21-13-12-18(2)3/h5-7H,4,8-13,17H2,1-3H3. The van der Waals surface area contributed by atoms with Crippen molar-refractivity contribution >= 4 is 11.4 Å². The van der Waals surface area contributed by atoms with Crippen LogP contribution >= 0.6 is 0 Å². The van der Waals surface area contributed by atoms with Gasteiger partial charge < -0.3 is 25.2 Å². The van der Waals surface area contributed by atoms with Crippen LogP contribution in [0.1, 0.15) is 6.92 Å². The molecule has 1 saturated heterocycles. The Morgan fingerprint density at radius 3 is 2.52 bits per heavy atom. The molecule has 0 amide bonds. The minimum Gasteiger partial charge on any atom is -0.488 e. The summed E-state index contributed by atoms with van der Waals surface area (Å²) in [5, 5.41) is 0. The molecule has 0 spiro atoms. The summed E-state index contributed by atoms with van der Waals surface area (Å²) < 4.78 is 5.96. The summed E-state index contributed by atoms with van der Waals surface area (Å²) in [6.07, 6.45) is 0. The van der Waals surface area contributed by atoms with Crippen molar-refractivity contribution in [1.29, 1.82) is 0 Å². The number of benzene rings is 1. The number of rotatable bonds is 6. The van der Waals surface area contributed by atoms with Gasteiger partial charge >= 0.3 is 0 Å². The van der Waals surface area contributed by atoms with Crippen molar-refractivity contribution in [1.82, 2.24) is 9.80 Å². The number of anilines is 2. The highest BCUT2D eigenvalue weighted by Gasteiger charge is 2.20. The SMILES string of the molecule is CCN1CCN(c2cccc(N)c2OCCN(C)C)CC1. The molecule has 0 bridgehead atoms. The molecular formula is C16H28N4O. The van der Waals surface area contributed by atoms with Gasteiger partial charge in [-0.25, -0.2) is 0 Å². The van der Waals surface area contributed by atoms with Gasteiger partial charge in [-0.05, 0) is 32.8 Å². The molecule has 1 aromatic carbocycles. The van der Waals surface area contributed by atoms with Gasteiger partial charge in [-0.2, -0.15) is 0 Å². The average molecular weight is 292 g/mol. The zero-order valence-corrected chi connectivity index (χ0v) is 13.5. The van der Waals surface area contributed by atoms with E-state index in [9.17, 15) is 0 Å². The Hall–Kier alpha value is -1.46. The Morgan fingerprint density at radius 1 is 1.19 bits per heavy atom. The van der Waals surface area contributed by atoms with Crippen LogP contribution in [0.15, 0.2) is 18.2 Å². The van der Waals surface area contributed by atoms with Gasteiger partial charge in [0.15, 0.2) is 5.75 Å². The third-order valence-corrected chi connectivity index (χ3v) is 3.97. The van der Waals surface area contributed by atoms with Gasteiger partial charge in [0, 0.05) is 32.7 Å². The van der Waals surface area contributed by atoms with Crippen LogP contribution in [0.2, 0.25) is 0 Å². The van der Waals surface area contributed by atoms with E-state index < -0.39 is 0 Å². The van der Waals surface area contributed by atoms with Crippen molar-refractivity contribution in [3.8, 4) is 5.75 Å². The van der Waals surface area contributed by atoms with E-state index >= 15 is 0 Å². The Balaban J connectivity index is 2.06. The molecular weight excluding hydrogens is 264 g/mol. The predicted molar refractivity (Wildman–Crippen MR) is 89.2 cm³/mol. The lowest BCUT2D eigenvalue weighted by Crippen LogP contribution is -2.46. The molecule has 1 aliphatic heterocycles. The zero-order chi connectivity index (χ0) is 15.2. The maximum absolute atomic E-state index is 6.12. The van der Waals surface area contributed by atoms with Crippen LogP contribution in [-0.2, 0) is 0 Å². The van der Waals surface area contributed by atoms with E-state index in [1.54, 1.807) is 0 Å².